The van der Waals surface area contributed by atoms with E-state index in [1.165, 1.54) is 25.0 Å². The van der Waals surface area contributed by atoms with Crippen molar-refractivity contribution in [3.8, 4) is 0 Å². The van der Waals surface area contributed by atoms with Crippen LogP contribution in [0.3, 0.4) is 0 Å². The van der Waals surface area contributed by atoms with Crippen molar-refractivity contribution < 1.29 is 4.52 Å². The van der Waals surface area contributed by atoms with Crippen LogP contribution in [0.25, 0.3) is 0 Å². The molecule has 6 heteroatoms. The molecule has 20 heavy (non-hydrogen) atoms. The van der Waals surface area contributed by atoms with Crippen LogP contribution in [-0.4, -0.2) is 53.2 Å². The largest absolute Gasteiger partial charge is 0.339 e. The van der Waals surface area contributed by atoms with Crippen LogP contribution < -0.4 is 5.32 Å². The van der Waals surface area contributed by atoms with Crippen LogP contribution >= 0.6 is 11.8 Å². The Kier molecular flexibility index (Phi) is 4.96. The molecule has 1 aromatic rings. The second-order valence-electron chi connectivity index (χ2n) is 5.85. The van der Waals surface area contributed by atoms with Crippen LogP contribution in [0.2, 0.25) is 0 Å². The van der Waals surface area contributed by atoms with E-state index in [1.807, 2.05) is 11.8 Å². The van der Waals surface area contributed by atoms with Crippen LogP contribution in [0.15, 0.2) is 4.52 Å². The van der Waals surface area contributed by atoms with E-state index in [4.69, 9.17) is 4.52 Å². The molecule has 1 aromatic heterocycles. The Hall–Kier alpha value is -0.590. The third-order valence-electron chi connectivity index (χ3n) is 4.40. The average molecular weight is 296 g/mol. The Labute approximate surface area is 124 Å². The molecule has 112 valence electrons. The van der Waals surface area contributed by atoms with Crippen LogP contribution in [0.5, 0.6) is 0 Å². The molecular weight excluding hydrogens is 272 g/mol. The second-order valence-corrected chi connectivity index (χ2v) is 7.00. The zero-order chi connectivity index (χ0) is 13.8. The van der Waals surface area contributed by atoms with E-state index in [-0.39, 0.29) is 0 Å². The molecule has 2 aliphatic rings. The number of nitrogens with zero attached hydrogens (tertiary/aromatic N) is 3. The van der Waals surface area contributed by atoms with Gasteiger partial charge in [0.15, 0.2) is 5.82 Å². The molecule has 0 spiro atoms. The third-order valence-corrected chi connectivity index (χ3v) is 5.43. The number of thioether (sulfide) groups is 1. The van der Waals surface area contributed by atoms with Crippen molar-refractivity contribution in [1.82, 2.24) is 20.4 Å². The van der Waals surface area contributed by atoms with Gasteiger partial charge in [-0.2, -0.15) is 16.7 Å². The topological polar surface area (TPSA) is 54.2 Å². The van der Waals surface area contributed by atoms with Gasteiger partial charge < -0.3 is 9.84 Å². The van der Waals surface area contributed by atoms with Crippen molar-refractivity contribution in [2.75, 3.05) is 38.2 Å². The summed E-state index contributed by atoms with van der Waals surface area (Å²) in [5.41, 5.74) is 0. The lowest BCUT2D eigenvalue weighted by Crippen LogP contribution is -2.33. The summed E-state index contributed by atoms with van der Waals surface area (Å²) in [5.74, 6) is 4.79. The predicted octanol–water partition coefficient (Wildman–Crippen LogP) is 1.72. The van der Waals surface area contributed by atoms with Crippen molar-refractivity contribution >= 4 is 11.8 Å². The van der Waals surface area contributed by atoms with Gasteiger partial charge in [0.05, 0.1) is 6.04 Å². The lowest BCUT2D eigenvalue weighted by Gasteiger charge is -2.29. The molecule has 1 atom stereocenters. The molecular formula is C14H24N4OS. The van der Waals surface area contributed by atoms with E-state index < -0.39 is 0 Å². The van der Waals surface area contributed by atoms with Crippen LogP contribution in [-0.2, 0) is 6.42 Å². The molecule has 0 bridgehead atoms. The van der Waals surface area contributed by atoms with Crippen LogP contribution in [0.1, 0.15) is 37.0 Å². The summed E-state index contributed by atoms with van der Waals surface area (Å²) in [6, 6.07) is 0.324. The molecule has 0 aromatic carbocycles. The van der Waals surface area contributed by atoms with Gasteiger partial charge in [0, 0.05) is 24.5 Å². The van der Waals surface area contributed by atoms with Gasteiger partial charge in [-0.3, -0.25) is 4.90 Å². The Morgan fingerprint density at radius 2 is 2.25 bits per heavy atom. The molecule has 2 fully saturated rings. The average Bonchev–Trinajstić information content (AvgIpc) is 2.95. The van der Waals surface area contributed by atoms with E-state index in [1.54, 1.807) is 0 Å². The Balaban J connectivity index is 1.53. The maximum Gasteiger partial charge on any atom is 0.226 e. The number of nitrogens with one attached hydrogen (secondary N) is 1. The van der Waals surface area contributed by atoms with Gasteiger partial charge in [-0.05, 0) is 45.3 Å². The number of aromatic nitrogens is 2. The lowest BCUT2D eigenvalue weighted by atomic mass is 9.93. The normalized spacial score (nSPS) is 25.9. The van der Waals surface area contributed by atoms with Gasteiger partial charge in [0.2, 0.25) is 5.89 Å². The molecule has 0 aliphatic carbocycles. The summed E-state index contributed by atoms with van der Waals surface area (Å²) in [4.78, 5) is 6.95. The van der Waals surface area contributed by atoms with E-state index in [2.05, 4.69) is 27.4 Å². The molecule has 2 aliphatic heterocycles. The molecule has 3 heterocycles. The maximum atomic E-state index is 5.44. The van der Waals surface area contributed by atoms with Gasteiger partial charge in [0.25, 0.3) is 0 Å². The highest BCUT2D eigenvalue weighted by Gasteiger charge is 2.25. The van der Waals surface area contributed by atoms with Crippen molar-refractivity contribution in [3.05, 3.63) is 11.7 Å². The Morgan fingerprint density at radius 3 is 3.05 bits per heavy atom. The standard InChI is InChI=1S/C14H24N4OS/c1-18-8-9-20-10-12(18)14-16-13(19-17-14)3-2-11-4-6-15-7-5-11/h11-12,15H,2-10H2,1H3. The van der Waals surface area contributed by atoms with Crippen molar-refractivity contribution in [3.63, 3.8) is 0 Å². The summed E-state index contributed by atoms with van der Waals surface area (Å²) < 4.78 is 5.44. The minimum atomic E-state index is 0.324. The molecule has 0 radical (unpaired) electrons. The summed E-state index contributed by atoms with van der Waals surface area (Å²) >= 11 is 1.98. The monoisotopic (exact) mass is 296 g/mol. The summed E-state index contributed by atoms with van der Waals surface area (Å²) in [5, 5.41) is 7.61. The SMILES string of the molecule is CN1CCSCC1c1noc(CCC2CCNCC2)n1. The molecule has 0 amide bonds. The molecule has 2 saturated heterocycles. The minimum Gasteiger partial charge on any atom is -0.339 e. The molecule has 3 rings (SSSR count). The van der Waals surface area contributed by atoms with Gasteiger partial charge >= 0.3 is 0 Å². The first-order chi connectivity index (χ1) is 9.83. The van der Waals surface area contributed by atoms with E-state index >= 15 is 0 Å². The number of aryl methyl sites for hydroxylation is 1. The van der Waals surface area contributed by atoms with Gasteiger partial charge in [-0.25, -0.2) is 0 Å². The summed E-state index contributed by atoms with van der Waals surface area (Å²) in [7, 11) is 2.15. The smallest absolute Gasteiger partial charge is 0.226 e. The molecule has 5 nitrogen and oxygen atoms in total. The highest BCUT2D eigenvalue weighted by Crippen LogP contribution is 2.26. The van der Waals surface area contributed by atoms with Crippen molar-refractivity contribution in [2.24, 2.45) is 5.92 Å². The maximum absolute atomic E-state index is 5.44. The quantitative estimate of drug-likeness (QED) is 0.913. The highest BCUT2D eigenvalue weighted by molar-refractivity contribution is 7.99. The Bertz CT molecular complexity index is 419. The first-order valence-electron chi connectivity index (χ1n) is 7.64. The molecule has 1 N–H and O–H groups in total. The van der Waals surface area contributed by atoms with Gasteiger partial charge in [-0.15, -0.1) is 0 Å². The molecule has 1 unspecified atom stereocenters. The zero-order valence-corrected chi connectivity index (χ0v) is 13.0. The number of piperidine rings is 1. The zero-order valence-electron chi connectivity index (χ0n) is 12.2. The van der Waals surface area contributed by atoms with Crippen LogP contribution in [0, 0.1) is 5.92 Å². The summed E-state index contributed by atoms with van der Waals surface area (Å²) in [6.07, 6.45) is 4.67. The van der Waals surface area contributed by atoms with Crippen molar-refractivity contribution in [2.45, 2.75) is 31.7 Å². The van der Waals surface area contributed by atoms with E-state index in [9.17, 15) is 0 Å². The second kappa shape index (κ2) is 6.91. The molecule has 0 saturated carbocycles. The predicted molar refractivity (Wildman–Crippen MR) is 80.9 cm³/mol. The first-order valence-corrected chi connectivity index (χ1v) is 8.79. The fourth-order valence-electron chi connectivity index (χ4n) is 2.96. The fourth-order valence-corrected chi connectivity index (χ4v) is 4.17. The number of hydrogen-bond donors (Lipinski definition) is 1. The Morgan fingerprint density at radius 1 is 1.40 bits per heavy atom. The van der Waals surface area contributed by atoms with Crippen molar-refractivity contribution in [1.29, 1.82) is 0 Å². The van der Waals surface area contributed by atoms with E-state index in [0.717, 1.165) is 49.4 Å². The first kappa shape index (κ1) is 14.4. The lowest BCUT2D eigenvalue weighted by molar-refractivity contribution is 0.256. The highest BCUT2D eigenvalue weighted by atomic mass is 32.2. The summed E-state index contributed by atoms with van der Waals surface area (Å²) in [6.45, 7) is 3.42. The number of rotatable bonds is 4. The number of hydrogen-bond acceptors (Lipinski definition) is 6. The van der Waals surface area contributed by atoms with Gasteiger partial charge in [-0.1, -0.05) is 5.16 Å². The van der Waals surface area contributed by atoms with E-state index in [0.29, 0.717) is 6.04 Å². The third kappa shape index (κ3) is 3.54. The van der Waals surface area contributed by atoms with Gasteiger partial charge in [0.1, 0.15) is 0 Å². The minimum absolute atomic E-state index is 0.324. The van der Waals surface area contributed by atoms with Crippen LogP contribution in [0.4, 0.5) is 0 Å². The fraction of sp³-hybridized carbons (Fsp3) is 0.857.